The van der Waals surface area contributed by atoms with Crippen LogP contribution in [-0.4, -0.2) is 6.54 Å². The summed E-state index contributed by atoms with van der Waals surface area (Å²) in [6.45, 7) is 1.04. The third-order valence-corrected chi connectivity index (χ3v) is 2.82. The average Bonchev–Trinajstić information content (AvgIpc) is 2.04. The number of hydrogen-bond donors (Lipinski definition) is 1. The van der Waals surface area contributed by atoms with Gasteiger partial charge in [-0.2, -0.15) is 0 Å². The third kappa shape index (κ3) is 1.46. The molecule has 1 heterocycles. The number of anilines is 1. The van der Waals surface area contributed by atoms with Gasteiger partial charge in [-0.1, -0.05) is 27.5 Å². The van der Waals surface area contributed by atoms with Gasteiger partial charge < -0.3 is 5.32 Å². The molecule has 0 aliphatic carbocycles. The lowest BCUT2D eigenvalue weighted by Crippen LogP contribution is -2.11. The van der Waals surface area contributed by atoms with E-state index in [1.807, 2.05) is 6.07 Å². The molecule has 0 amide bonds. The highest BCUT2D eigenvalue weighted by molar-refractivity contribution is 9.10. The van der Waals surface area contributed by atoms with Crippen LogP contribution < -0.4 is 5.32 Å². The topological polar surface area (TPSA) is 12.0 Å². The molecular weight excluding hydrogens is 237 g/mol. The first-order valence-electron chi connectivity index (χ1n) is 3.99. The summed E-state index contributed by atoms with van der Waals surface area (Å²) >= 11 is 9.48. The Labute approximate surface area is 85.2 Å². The second-order valence-corrected chi connectivity index (χ2v) is 4.27. The van der Waals surface area contributed by atoms with Crippen LogP contribution in [0.25, 0.3) is 0 Å². The summed E-state index contributed by atoms with van der Waals surface area (Å²) in [6, 6.07) is 4.06. The molecule has 1 nitrogen and oxygen atoms in total. The minimum Gasteiger partial charge on any atom is -0.384 e. The van der Waals surface area contributed by atoms with E-state index >= 15 is 0 Å². The van der Waals surface area contributed by atoms with Gasteiger partial charge in [-0.15, -0.1) is 0 Å². The van der Waals surface area contributed by atoms with Gasteiger partial charge in [-0.25, -0.2) is 0 Å². The Balaban J connectivity index is 2.53. The number of hydrogen-bond acceptors (Lipinski definition) is 1. The van der Waals surface area contributed by atoms with Crippen LogP contribution in [0, 0.1) is 0 Å². The first-order chi connectivity index (χ1) is 5.77. The fourth-order valence-electron chi connectivity index (χ4n) is 1.51. The van der Waals surface area contributed by atoms with E-state index in [1.165, 1.54) is 12.0 Å². The van der Waals surface area contributed by atoms with Gasteiger partial charge in [0, 0.05) is 11.0 Å². The minimum absolute atomic E-state index is 0.819. The molecule has 0 saturated heterocycles. The van der Waals surface area contributed by atoms with E-state index in [9.17, 15) is 0 Å². The molecule has 3 heteroatoms. The zero-order valence-electron chi connectivity index (χ0n) is 6.53. The summed E-state index contributed by atoms with van der Waals surface area (Å²) < 4.78 is 1.06. The van der Waals surface area contributed by atoms with Gasteiger partial charge in [0.25, 0.3) is 0 Å². The number of halogens is 2. The van der Waals surface area contributed by atoms with Crippen molar-refractivity contribution in [2.45, 2.75) is 12.8 Å². The molecule has 0 fully saturated rings. The highest BCUT2D eigenvalue weighted by Gasteiger charge is 2.11. The normalized spacial score (nSPS) is 15.2. The van der Waals surface area contributed by atoms with E-state index in [2.05, 4.69) is 27.3 Å². The summed E-state index contributed by atoms with van der Waals surface area (Å²) in [5.74, 6) is 0. The van der Waals surface area contributed by atoms with Gasteiger partial charge in [-0.05, 0) is 30.5 Å². The van der Waals surface area contributed by atoms with Gasteiger partial charge in [0.2, 0.25) is 0 Å². The van der Waals surface area contributed by atoms with Crippen molar-refractivity contribution in [3.8, 4) is 0 Å². The van der Waals surface area contributed by atoms with E-state index in [-0.39, 0.29) is 0 Å². The molecule has 1 aliphatic rings. The van der Waals surface area contributed by atoms with Crippen LogP contribution in [0.3, 0.4) is 0 Å². The standard InChI is InChI=1S/C9H9BrClN/c10-7-4-6-2-1-3-12-9(6)8(11)5-7/h4-5,12H,1-3H2. The van der Waals surface area contributed by atoms with Crippen LogP contribution in [0.1, 0.15) is 12.0 Å². The van der Waals surface area contributed by atoms with Crippen LogP contribution in [0.2, 0.25) is 5.02 Å². The van der Waals surface area contributed by atoms with Gasteiger partial charge in [0.05, 0.1) is 10.7 Å². The molecule has 64 valence electrons. The fraction of sp³-hybridized carbons (Fsp3) is 0.333. The lowest BCUT2D eigenvalue weighted by molar-refractivity contribution is 0.830. The molecule has 1 aromatic carbocycles. The van der Waals surface area contributed by atoms with Gasteiger partial charge in [-0.3, -0.25) is 0 Å². The van der Waals surface area contributed by atoms with Gasteiger partial charge >= 0.3 is 0 Å². The van der Waals surface area contributed by atoms with Crippen LogP contribution in [-0.2, 0) is 6.42 Å². The molecule has 0 unspecified atom stereocenters. The van der Waals surface area contributed by atoms with Crippen LogP contribution >= 0.6 is 27.5 Å². The Morgan fingerprint density at radius 3 is 3.08 bits per heavy atom. The Bertz CT molecular complexity index is 312. The minimum atomic E-state index is 0.819. The molecule has 0 aromatic heterocycles. The van der Waals surface area contributed by atoms with Crippen LogP contribution in [0.4, 0.5) is 5.69 Å². The molecule has 0 radical (unpaired) electrons. The predicted octanol–water partition coefficient (Wildman–Crippen LogP) is 3.46. The molecule has 0 bridgehead atoms. The molecule has 0 saturated carbocycles. The molecule has 0 atom stereocenters. The fourth-order valence-corrected chi connectivity index (χ4v) is 2.46. The summed E-state index contributed by atoms with van der Waals surface area (Å²) in [6.07, 6.45) is 2.32. The van der Waals surface area contributed by atoms with E-state index in [0.717, 1.165) is 28.1 Å². The highest BCUT2D eigenvalue weighted by atomic mass is 79.9. The third-order valence-electron chi connectivity index (χ3n) is 2.06. The maximum atomic E-state index is 6.05. The van der Waals surface area contributed by atoms with Crippen molar-refractivity contribution < 1.29 is 0 Å². The van der Waals surface area contributed by atoms with Crippen molar-refractivity contribution in [2.24, 2.45) is 0 Å². The summed E-state index contributed by atoms with van der Waals surface area (Å²) in [7, 11) is 0. The zero-order chi connectivity index (χ0) is 8.55. The van der Waals surface area contributed by atoms with E-state index in [1.54, 1.807) is 0 Å². The van der Waals surface area contributed by atoms with Gasteiger partial charge in [0.15, 0.2) is 0 Å². The number of aryl methyl sites for hydroxylation is 1. The maximum Gasteiger partial charge on any atom is 0.0651 e. The molecule has 1 aliphatic heterocycles. The van der Waals surface area contributed by atoms with Gasteiger partial charge in [0.1, 0.15) is 0 Å². The number of benzene rings is 1. The zero-order valence-corrected chi connectivity index (χ0v) is 8.87. The number of rotatable bonds is 0. The van der Waals surface area contributed by atoms with E-state index in [4.69, 9.17) is 11.6 Å². The van der Waals surface area contributed by atoms with Crippen LogP contribution in [0.15, 0.2) is 16.6 Å². The van der Waals surface area contributed by atoms with Crippen molar-refractivity contribution in [3.63, 3.8) is 0 Å². The predicted molar refractivity (Wildman–Crippen MR) is 56.0 cm³/mol. The maximum absolute atomic E-state index is 6.05. The van der Waals surface area contributed by atoms with Crippen molar-refractivity contribution in [2.75, 3.05) is 11.9 Å². The summed E-state index contributed by atoms with van der Waals surface area (Å²) in [4.78, 5) is 0. The second kappa shape index (κ2) is 3.27. The molecule has 12 heavy (non-hydrogen) atoms. The van der Waals surface area contributed by atoms with E-state index < -0.39 is 0 Å². The molecule has 0 spiro atoms. The summed E-state index contributed by atoms with van der Waals surface area (Å²) in [5, 5.41) is 4.12. The Morgan fingerprint density at radius 1 is 1.42 bits per heavy atom. The Kier molecular flexibility index (Phi) is 2.28. The first-order valence-corrected chi connectivity index (χ1v) is 5.16. The average molecular weight is 247 g/mol. The quantitative estimate of drug-likeness (QED) is 0.739. The highest BCUT2D eigenvalue weighted by Crippen LogP contribution is 2.33. The molecule has 2 rings (SSSR count). The molecule has 1 N–H and O–H groups in total. The van der Waals surface area contributed by atoms with Crippen molar-refractivity contribution in [1.29, 1.82) is 0 Å². The second-order valence-electron chi connectivity index (χ2n) is 2.95. The van der Waals surface area contributed by atoms with Crippen LogP contribution in [0.5, 0.6) is 0 Å². The van der Waals surface area contributed by atoms with Crippen molar-refractivity contribution in [3.05, 3.63) is 27.2 Å². The van der Waals surface area contributed by atoms with Crippen molar-refractivity contribution in [1.82, 2.24) is 0 Å². The number of fused-ring (bicyclic) bond motifs is 1. The molecule has 1 aromatic rings. The Morgan fingerprint density at radius 2 is 2.25 bits per heavy atom. The van der Waals surface area contributed by atoms with Crippen molar-refractivity contribution >= 4 is 33.2 Å². The summed E-state index contributed by atoms with van der Waals surface area (Å²) in [5.41, 5.74) is 2.44. The Hall–Kier alpha value is -0.210. The number of nitrogens with one attached hydrogen (secondary N) is 1. The smallest absolute Gasteiger partial charge is 0.0651 e. The monoisotopic (exact) mass is 245 g/mol. The van der Waals surface area contributed by atoms with E-state index in [0.29, 0.717) is 0 Å². The first kappa shape index (κ1) is 8.39. The lowest BCUT2D eigenvalue weighted by atomic mass is 10.0. The largest absolute Gasteiger partial charge is 0.384 e. The SMILES string of the molecule is Clc1cc(Br)cc2c1NCCC2. The lowest BCUT2D eigenvalue weighted by Gasteiger charge is -2.19. The molecular formula is C9H9BrClN.